The van der Waals surface area contributed by atoms with Gasteiger partial charge in [0.05, 0.1) is 18.4 Å². The lowest BCUT2D eigenvalue weighted by Gasteiger charge is -2.28. The number of amides is 2. The minimum Gasteiger partial charge on any atom is -0.489 e. The van der Waals surface area contributed by atoms with E-state index in [1.807, 2.05) is 27.7 Å². The summed E-state index contributed by atoms with van der Waals surface area (Å²) < 4.78 is 7.52. The highest BCUT2D eigenvalue weighted by Crippen LogP contribution is 2.36. The quantitative estimate of drug-likeness (QED) is 0.639. The second-order valence-electron chi connectivity index (χ2n) is 8.67. The van der Waals surface area contributed by atoms with E-state index in [4.69, 9.17) is 10.5 Å². The molecule has 2 rings (SSSR count). The van der Waals surface area contributed by atoms with E-state index in [1.54, 1.807) is 18.2 Å². The summed E-state index contributed by atoms with van der Waals surface area (Å²) in [4.78, 5) is 37.6. The van der Waals surface area contributed by atoms with E-state index in [9.17, 15) is 19.5 Å². The molecule has 2 aromatic rings. The number of carboxylic acid groups (broad SMARTS) is 1. The van der Waals surface area contributed by atoms with Gasteiger partial charge in [0.1, 0.15) is 0 Å². The molecular weight excluding hydrogens is 386 g/mol. The Kier molecular flexibility index (Phi) is 7.12. The van der Waals surface area contributed by atoms with Gasteiger partial charge in [-0.15, -0.1) is 0 Å². The molecule has 30 heavy (non-hydrogen) atoms. The fourth-order valence-electron chi connectivity index (χ4n) is 3.27. The first kappa shape index (κ1) is 23.3. The van der Waals surface area contributed by atoms with Gasteiger partial charge in [-0.05, 0) is 29.5 Å². The van der Waals surface area contributed by atoms with Crippen molar-refractivity contribution in [2.24, 2.45) is 11.1 Å². The number of benzene rings is 1. The number of fused-ring (bicyclic) bond motifs is 1. The monoisotopic (exact) mass is 417 g/mol. The lowest BCUT2D eigenvalue weighted by Crippen LogP contribution is -2.35. The Balaban J connectivity index is 2.90. The molecule has 2 amide bonds. The van der Waals surface area contributed by atoms with Gasteiger partial charge >= 0.3 is 6.09 Å². The van der Waals surface area contributed by atoms with Crippen LogP contribution in [-0.2, 0) is 17.8 Å². The van der Waals surface area contributed by atoms with Gasteiger partial charge in [0.2, 0.25) is 5.91 Å². The van der Waals surface area contributed by atoms with Crippen LogP contribution in [0.1, 0.15) is 46.1 Å². The number of rotatable bonds is 8. The maximum atomic E-state index is 13.4. The van der Waals surface area contributed by atoms with Crippen molar-refractivity contribution in [2.45, 2.75) is 53.5 Å². The predicted molar refractivity (Wildman–Crippen MR) is 117 cm³/mol. The van der Waals surface area contributed by atoms with Crippen molar-refractivity contribution in [1.82, 2.24) is 4.57 Å². The zero-order valence-corrected chi connectivity index (χ0v) is 18.3. The van der Waals surface area contributed by atoms with E-state index in [0.29, 0.717) is 35.2 Å². The number of nitrogens with two attached hydrogens (primary N) is 1. The number of hydrogen-bond acceptors (Lipinski definition) is 4. The number of ether oxygens (including phenoxy) is 1. The third-order valence-electron chi connectivity index (χ3n) is 4.62. The second kappa shape index (κ2) is 9.19. The number of carbonyl (C=O) groups is 2. The van der Waals surface area contributed by atoms with Crippen LogP contribution < -0.4 is 20.9 Å². The van der Waals surface area contributed by atoms with Crippen LogP contribution >= 0.6 is 0 Å². The Labute approximate surface area is 176 Å². The van der Waals surface area contributed by atoms with Crippen LogP contribution in [0, 0.1) is 5.41 Å². The Hall–Kier alpha value is -3.03. The highest BCUT2D eigenvalue weighted by atomic mass is 16.5. The topological polar surface area (TPSA) is 115 Å². The molecule has 0 spiro atoms. The summed E-state index contributed by atoms with van der Waals surface area (Å²) in [6.07, 6.45) is 0.484. The number of hydrogen-bond donors (Lipinski definition) is 2. The molecule has 0 saturated carbocycles. The standard InChI is InChI=1S/C22H31N3O5/c1-6-7-10-30-18-16-11-14(12-17(23)26)8-9-15(16)20(27)25(13-22(2,3)4)19(18)24(5)21(28)29/h8-9,11H,6-7,10,12-13H2,1-5H3,(H2,23,26)(H,28,29). The van der Waals surface area contributed by atoms with Crippen LogP contribution in [0.5, 0.6) is 5.75 Å². The molecule has 8 heteroatoms. The minimum atomic E-state index is -1.20. The minimum absolute atomic E-state index is 0.0134. The van der Waals surface area contributed by atoms with E-state index < -0.39 is 12.0 Å². The number of anilines is 1. The maximum absolute atomic E-state index is 13.4. The Morgan fingerprint density at radius 2 is 1.90 bits per heavy atom. The molecule has 1 aromatic carbocycles. The fraction of sp³-hybridized carbons (Fsp3) is 0.500. The average Bonchev–Trinajstić information content (AvgIpc) is 2.63. The van der Waals surface area contributed by atoms with Crippen molar-refractivity contribution < 1.29 is 19.4 Å². The van der Waals surface area contributed by atoms with E-state index >= 15 is 0 Å². The maximum Gasteiger partial charge on any atom is 0.412 e. The summed E-state index contributed by atoms with van der Waals surface area (Å²) in [6, 6.07) is 5.02. The van der Waals surface area contributed by atoms with Crippen molar-refractivity contribution in [3.05, 3.63) is 34.1 Å². The highest BCUT2D eigenvalue weighted by molar-refractivity contribution is 5.97. The molecule has 0 atom stereocenters. The van der Waals surface area contributed by atoms with Crippen molar-refractivity contribution in [2.75, 3.05) is 18.6 Å². The van der Waals surface area contributed by atoms with Gasteiger partial charge in [-0.1, -0.05) is 40.2 Å². The Morgan fingerprint density at radius 1 is 1.23 bits per heavy atom. The first-order chi connectivity index (χ1) is 14.0. The average molecular weight is 418 g/mol. The molecule has 0 aliphatic rings. The van der Waals surface area contributed by atoms with Gasteiger partial charge in [-0.3, -0.25) is 19.1 Å². The lowest BCUT2D eigenvalue weighted by molar-refractivity contribution is -0.117. The summed E-state index contributed by atoms with van der Waals surface area (Å²) in [5, 5.41) is 10.6. The third-order valence-corrected chi connectivity index (χ3v) is 4.62. The smallest absolute Gasteiger partial charge is 0.412 e. The van der Waals surface area contributed by atoms with E-state index in [1.165, 1.54) is 11.6 Å². The van der Waals surface area contributed by atoms with Gasteiger partial charge in [0, 0.05) is 19.0 Å². The summed E-state index contributed by atoms with van der Waals surface area (Å²) >= 11 is 0. The molecule has 0 unspecified atom stereocenters. The van der Waals surface area contributed by atoms with Crippen LogP contribution in [-0.4, -0.2) is 35.3 Å². The number of unbranched alkanes of at least 4 members (excludes halogenated alkanes) is 1. The van der Waals surface area contributed by atoms with Crippen LogP contribution in [0.2, 0.25) is 0 Å². The summed E-state index contributed by atoms with van der Waals surface area (Å²) in [5.41, 5.74) is 5.37. The molecule has 1 heterocycles. The molecule has 0 saturated heterocycles. The zero-order valence-electron chi connectivity index (χ0n) is 18.3. The van der Waals surface area contributed by atoms with Gasteiger partial charge in [-0.25, -0.2) is 4.79 Å². The number of aromatic nitrogens is 1. The van der Waals surface area contributed by atoms with Crippen molar-refractivity contribution >= 4 is 28.6 Å². The summed E-state index contributed by atoms with van der Waals surface area (Å²) in [5.74, 6) is 0.00697. The van der Waals surface area contributed by atoms with Crippen LogP contribution in [0.15, 0.2) is 23.0 Å². The highest BCUT2D eigenvalue weighted by Gasteiger charge is 2.27. The number of carbonyl (C=O) groups excluding carboxylic acids is 1. The van der Waals surface area contributed by atoms with Crippen molar-refractivity contribution in [1.29, 1.82) is 0 Å². The Bertz CT molecular complexity index is 1000. The zero-order chi connectivity index (χ0) is 22.6. The SMILES string of the molecule is CCCCOc1c(N(C)C(=O)O)n(CC(C)(C)C)c(=O)c2ccc(CC(N)=O)cc12. The van der Waals surface area contributed by atoms with Crippen molar-refractivity contribution in [3.63, 3.8) is 0 Å². The lowest BCUT2D eigenvalue weighted by atomic mass is 9.96. The largest absolute Gasteiger partial charge is 0.489 e. The van der Waals surface area contributed by atoms with E-state index in [2.05, 4.69) is 0 Å². The summed E-state index contributed by atoms with van der Waals surface area (Å²) in [6.45, 7) is 8.63. The molecule has 0 fully saturated rings. The molecule has 0 bridgehead atoms. The van der Waals surface area contributed by atoms with Crippen LogP contribution in [0.3, 0.4) is 0 Å². The van der Waals surface area contributed by atoms with Gasteiger partial charge in [0.15, 0.2) is 11.6 Å². The molecule has 0 radical (unpaired) electrons. The number of primary amides is 1. The van der Waals surface area contributed by atoms with Gasteiger partial charge < -0.3 is 15.6 Å². The van der Waals surface area contributed by atoms with Crippen LogP contribution in [0.25, 0.3) is 10.8 Å². The molecular formula is C22H31N3O5. The molecule has 0 aliphatic heterocycles. The van der Waals surface area contributed by atoms with E-state index in [-0.39, 0.29) is 23.2 Å². The number of pyridine rings is 1. The van der Waals surface area contributed by atoms with Crippen molar-refractivity contribution in [3.8, 4) is 5.75 Å². The first-order valence-corrected chi connectivity index (χ1v) is 10.0. The predicted octanol–water partition coefficient (Wildman–Crippen LogP) is 3.37. The molecule has 164 valence electrons. The number of nitrogens with zero attached hydrogens (tertiary/aromatic N) is 2. The second-order valence-corrected chi connectivity index (χ2v) is 8.67. The Morgan fingerprint density at radius 3 is 2.43 bits per heavy atom. The van der Waals surface area contributed by atoms with Gasteiger partial charge in [0.25, 0.3) is 5.56 Å². The normalized spacial score (nSPS) is 11.5. The van der Waals surface area contributed by atoms with E-state index in [0.717, 1.165) is 17.7 Å². The molecule has 3 N–H and O–H groups in total. The fourth-order valence-corrected chi connectivity index (χ4v) is 3.27. The van der Waals surface area contributed by atoms with Crippen LogP contribution in [0.4, 0.5) is 10.6 Å². The molecule has 8 nitrogen and oxygen atoms in total. The summed E-state index contributed by atoms with van der Waals surface area (Å²) in [7, 11) is 1.39. The molecule has 1 aromatic heterocycles. The molecule has 0 aliphatic carbocycles. The van der Waals surface area contributed by atoms with Gasteiger partial charge in [-0.2, -0.15) is 0 Å². The first-order valence-electron chi connectivity index (χ1n) is 10.0. The third kappa shape index (κ3) is 5.31.